The average Bonchev–Trinajstić information content (AvgIpc) is 3.28. The number of ether oxygens (including phenoxy) is 1. The first kappa shape index (κ1) is 23.2. The first-order valence-corrected chi connectivity index (χ1v) is 13.4. The Morgan fingerprint density at radius 1 is 1.00 bits per heavy atom. The number of aryl methyl sites for hydroxylation is 2. The highest BCUT2D eigenvalue weighted by molar-refractivity contribution is 5.75. The van der Waals surface area contributed by atoms with Crippen LogP contribution in [0.25, 0.3) is 0 Å². The van der Waals surface area contributed by atoms with E-state index in [-0.39, 0.29) is 6.17 Å². The maximum Gasteiger partial charge on any atom is 0.318 e. The van der Waals surface area contributed by atoms with E-state index < -0.39 is 0 Å². The molecule has 2 unspecified atom stereocenters. The third-order valence-electron chi connectivity index (χ3n) is 8.15. The van der Waals surface area contributed by atoms with Crippen LogP contribution in [0.2, 0.25) is 0 Å². The summed E-state index contributed by atoms with van der Waals surface area (Å²) in [6.45, 7) is 11.2. The third kappa shape index (κ3) is 4.30. The molecule has 4 aliphatic rings. The van der Waals surface area contributed by atoms with Crippen LogP contribution in [0.3, 0.4) is 0 Å². The Morgan fingerprint density at radius 2 is 1.81 bits per heavy atom. The average molecular weight is 485 g/mol. The summed E-state index contributed by atoms with van der Waals surface area (Å²) in [6, 6.07) is 12.0. The lowest BCUT2D eigenvalue weighted by atomic mass is 9.75. The van der Waals surface area contributed by atoms with Crippen LogP contribution in [-0.2, 0) is 13.0 Å². The Morgan fingerprint density at radius 3 is 2.50 bits per heavy atom. The molecule has 1 aromatic carbocycles. The monoisotopic (exact) mass is 484 g/mol. The molecule has 0 amide bonds. The standard InChI is InChI=1S/C29H36N6O/c1-4-20-14-24(16-30-15-20)27-32-26-19(3)31-29(36-5-2)33-28(26)35(27)17-21-6-8-22(9-7-21)25-18-34-12-10-23(25)11-13-34/h6-9,14-16,23,25,27,32H,4-5,10-13,17-18H2,1-3H3. The molecule has 0 aliphatic carbocycles. The first-order chi connectivity index (χ1) is 17.6. The van der Waals surface area contributed by atoms with Gasteiger partial charge in [-0.1, -0.05) is 31.2 Å². The molecule has 0 saturated carbocycles. The summed E-state index contributed by atoms with van der Waals surface area (Å²) in [5.41, 5.74) is 6.98. The molecule has 2 atom stereocenters. The van der Waals surface area contributed by atoms with E-state index in [1.54, 1.807) is 0 Å². The molecular weight excluding hydrogens is 448 g/mol. The summed E-state index contributed by atoms with van der Waals surface area (Å²) in [5, 5.41) is 3.69. The summed E-state index contributed by atoms with van der Waals surface area (Å²) in [4.78, 5) is 18.9. The van der Waals surface area contributed by atoms with E-state index in [9.17, 15) is 0 Å². The number of nitrogens with one attached hydrogen (secondary N) is 1. The van der Waals surface area contributed by atoms with Gasteiger partial charge < -0.3 is 19.9 Å². The molecule has 3 aromatic rings. The van der Waals surface area contributed by atoms with Gasteiger partial charge in [-0.25, -0.2) is 0 Å². The van der Waals surface area contributed by atoms with Crippen molar-refractivity contribution in [1.82, 2.24) is 19.9 Å². The second kappa shape index (κ2) is 9.69. The SMILES string of the molecule is CCOc1nc(C)c2c(n1)N(Cc1ccc(C3CN4CCC3CC4)cc1)C(c1cncc(CC)c1)N2. The molecule has 3 fully saturated rings. The summed E-state index contributed by atoms with van der Waals surface area (Å²) in [6.07, 6.45) is 7.48. The Labute approximate surface area is 213 Å². The predicted molar refractivity (Wildman–Crippen MR) is 142 cm³/mol. The fourth-order valence-corrected chi connectivity index (χ4v) is 6.13. The fraction of sp³-hybridized carbons (Fsp3) is 0.483. The molecule has 2 aromatic heterocycles. The molecular formula is C29H36N6O. The molecule has 2 bridgehead atoms. The van der Waals surface area contributed by atoms with Gasteiger partial charge in [-0.05, 0) is 80.8 Å². The highest BCUT2D eigenvalue weighted by atomic mass is 16.5. The maximum absolute atomic E-state index is 5.70. The normalized spacial score (nSPS) is 24.5. The van der Waals surface area contributed by atoms with E-state index in [4.69, 9.17) is 9.72 Å². The van der Waals surface area contributed by atoms with E-state index in [1.807, 2.05) is 26.2 Å². The van der Waals surface area contributed by atoms with Gasteiger partial charge >= 0.3 is 6.01 Å². The van der Waals surface area contributed by atoms with Crippen LogP contribution in [0.15, 0.2) is 42.7 Å². The zero-order valence-electron chi connectivity index (χ0n) is 21.6. The number of nitrogens with zero attached hydrogens (tertiary/aromatic N) is 5. The number of hydrogen-bond acceptors (Lipinski definition) is 7. The van der Waals surface area contributed by atoms with Crippen LogP contribution >= 0.6 is 0 Å². The van der Waals surface area contributed by atoms with Crippen LogP contribution < -0.4 is 15.0 Å². The van der Waals surface area contributed by atoms with Gasteiger partial charge in [0.05, 0.1) is 12.3 Å². The molecule has 6 heterocycles. The topological polar surface area (TPSA) is 66.4 Å². The summed E-state index contributed by atoms with van der Waals surface area (Å²) in [5.74, 6) is 2.41. The molecule has 7 heteroatoms. The third-order valence-corrected chi connectivity index (χ3v) is 8.15. The lowest BCUT2D eigenvalue weighted by molar-refractivity contribution is 0.0871. The summed E-state index contributed by atoms with van der Waals surface area (Å²) >= 11 is 0. The number of rotatable bonds is 7. The van der Waals surface area contributed by atoms with Crippen LogP contribution in [0.4, 0.5) is 11.5 Å². The number of benzene rings is 1. The molecule has 1 N–H and O–H groups in total. The lowest BCUT2D eigenvalue weighted by Gasteiger charge is -2.45. The Hall–Kier alpha value is -3.19. The van der Waals surface area contributed by atoms with Crippen molar-refractivity contribution in [1.29, 1.82) is 0 Å². The van der Waals surface area contributed by atoms with Crippen molar-refractivity contribution in [3.05, 3.63) is 70.7 Å². The minimum absolute atomic E-state index is 0.0644. The van der Waals surface area contributed by atoms with Crippen molar-refractivity contribution in [2.24, 2.45) is 5.92 Å². The Balaban J connectivity index is 1.31. The van der Waals surface area contributed by atoms with Crippen LogP contribution in [-0.4, -0.2) is 46.1 Å². The van der Waals surface area contributed by atoms with E-state index >= 15 is 0 Å². The number of fused-ring (bicyclic) bond motifs is 4. The molecule has 0 radical (unpaired) electrons. The number of pyridine rings is 1. The Kier molecular flexibility index (Phi) is 6.25. The fourth-order valence-electron chi connectivity index (χ4n) is 6.13. The number of aromatic nitrogens is 3. The van der Waals surface area contributed by atoms with E-state index in [1.165, 1.54) is 49.2 Å². The molecule has 7 nitrogen and oxygen atoms in total. The zero-order chi connectivity index (χ0) is 24.6. The van der Waals surface area contributed by atoms with E-state index in [0.717, 1.165) is 41.6 Å². The van der Waals surface area contributed by atoms with Crippen LogP contribution in [0.5, 0.6) is 6.01 Å². The lowest BCUT2D eigenvalue weighted by Crippen LogP contribution is -2.46. The second-order valence-corrected chi connectivity index (χ2v) is 10.4. The van der Waals surface area contributed by atoms with Gasteiger partial charge in [-0.2, -0.15) is 9.97 Å². The molecule has 0 spiro atoms. The van der Waals surface area contributed by atoms with Crippen molar-refractivity contribution in [2.75, 3.05) is 36.5 Å². The van der Waals surface area contributed by atoms with Crippen LogP contribution in [0, 0.1) is 12.8 Å². The van der Waals surface area contributed by atoms with E-state index in [2.05, 4.69) is 62.3 Å². The minimum Gasteiger partial charge on any atom is -0.464 e. The van der Waals surface area contributed by atoms with Gasteiger partial charge in [-0.15, -0.1) is 0 Å². The molecule has 188 valence electrons. The van der Waals surface area contributed by atoms with E-state index in [0.29, 0.717) is 18.5 Å². The van der Waals surface area contributed by atoms with Crippen molar-refractivity contribution in [3.63, 3.8) is 0 Å². The first-order valence-electron chi connectivity index (χ1n) is 13.4. The maximum atomic E-state index is 5.70. The summed E-state index contributed by atoms with van der Waals surface area (Å²) in [7, 11) is 0. The molecule has 3 saturated heterocycles. The molecule has 7 rings (SSSR count). The highest BCUT2D eigenvalue weighted by Gasteiger charge is 2.36. The quantitative estimate of drug-likeness (QED) is 0.502. The van der Waals surface area contributed by atoms with Gasteiger partial charge in [-0.3, -0.25) is 4.98 Å². The number of piperidine rings is 3. The van der Waals surface area contributed by atoms with Gasteiger partial charge in [0.15, 0.2) is 5.82 Å². The van der Waals surface area contributed by atoms with Gasteiger partial charge in [0.1, 0.15) is 11.9 Å². The van der Waals surface area contributed by atoms with Gasteiger partial charge in [0.2, 0.25) is 0 Å². The Bertz CT molecular complexity index is 1220. The van der Waals surface area contributed by atoms with Crippen molar-refractivity contribution < 1.29 is 4.74 Å². The van der Waals surface area contributed by atoms with Crippen molar-refractivity contribution in [3.8, 4) is 6.01 Å². The molecule has 4 aliphatic heterocycles. The van der Waals surface area contributed by atoms with Crippen LogP contribution in [0.1, 0.15) is 66.7 Å². The highest BCUT2D eigenvalue weighted by Crippen LogP contribution is 2.43. The molecule has 36 heavy (non-hydrogen) atoms. The predicted octanol–water partition coefficient (Wildman–Crippen LogP) is 5.08. The minimum atomic E-state index is -0.0644. The number of hydrogen-bond donors (Lipinski definition) is 1. The second-order valence-electron chi connectivity index (χ2n) is 10.4. The van der Waals surface area contributed by atoms with Gasteiger partial charge in [0.25, 0.3) is 0 Å². The largest absolute Gasteiger partial charge is 0.464 e. The summed E-state index contributed by atoms with van der Waals surface area (Å²) < 4.78 is 5.70. The van der Waals surface area contributed by atoms with Gasteiger partial charge in [0, 0.05) is 31.0 Å². The van der Waals surface area contributed by atoms with Crippen molar-refractivity contribution >= 4 is 11.5 Å². The zero-order valence-corrected chi connectivity index (χ0v) is 21.6. The van der Waals surface area contributed by atoms with Crippen molar-refractivity contribution in [2.45, 2.75) is 58.7 Å². The smallest absolute Gasteiger partial charge is 0.318 e. The number of anilines is 2.